The monoisotopic (exact) mass is 328 g/mol. The molecule has 0 aliphatic heterocycles. The molecule has 0 saturated heterocycles. The van der Waals surface area contributed by atoms with Gasteiger partial charge >= 0.3 is 0 Å². The first-order chi connectivity index (χ1) is 11.5. The van der Waals surface area contributed by atoms with Crippen molar-refractivity contribution >= 4 is 11.6 Å². The van der Waals surface area contributed by atoms with Crippen molar-refractivity contribution in [2.75, 3.05) is 7.05 Å². The van der Waals surface area contributed by atoms with Crippen LogP contribution < -0.4 is 0 Å². The summed E-state index contributed by atoms with van der Waals surface area (Å²) < 4.78 is 5.81. The third-order valence-electron chi connectivity index (χ3n) is 4.51. The number of nitro groups is 1. The molecule has 6 heteroatoms. The number of carbonyl (C=O) groups is 1. The van der Waals surface area contributed by atoms with Crippen LogP contribution in [0, 0.1) is 16.0 Å². The minimum Gasteiger partial charge on any atom is -0.464 e. The van der Waals surface area contributed by atoms with Crippen LogP contribution in [0.4, 0.5) is 5.69 Å². The van der Waals surface area contributed by atoms with Gasteiger partial charge in [0.05, 0.1) is 17.9 Å². The quantitative estimate of drug-likeness (QED) is 0.600. The molecule has 3 rings (SSSR count). The maximum atomic E-state index is 12.4. The molecule has 1 saturated carbocycles. The van der Waals surface area contributed by atoms with Crippen molar-refractivity contribution in [3.05, 3.63) is 63.6 Å². The molecule has 1 aromatic heterocycles. The summed E-state index contributed by atoms with van der Waals surface area (Å²) in [6, 6.07) is 10.2. The molecule has 0 unspecified atom stereocenters. The van der Waals surface area contributed by atoms with Gasteiger partial charge in [-0.15, -0.1) is 0 Å². The van der Waals surface area contributed by atoms with Crippen molar-refractivity contribution in [2.24, 2.45) is 5.92 Å². The van der Waals surface area contributed by atoms with Crippen molar-refractivity contribution in [1.29, 1.82) is 0 Å². The Balaban J connectivity index is 1.63. The minimum atomic E-state index is -0.460. The summed E-state index contributed by atoms with van der Waals surface area (Å²) in [5.74, 6) is 2.72. The van der Waals surface area contributed by atoms with E-state index in [2.05, 4.69) is 6.92 Å². The topological polar surface area (TPSA) is 76.6 Å². The molecule has 1 heterocycles. The van der Waals surface area contributed by atoms with Crippen molar-refractivity contribution in [1.82, 2.24) is 4.90 Å². The summed E-state index contributed by atoms with van der Waals surface area (Å²) in [4.78, 5) is 24.5. The van der Waals surface area contributed by atoms with Crippen LogP contribution in [0.2, 0.25) is 0 Å². The highest BCUT2D eigenvalue weighted by atomic mass is 16.6. The maximum Gasteiger partial charge on any atom is 0.273 e. The third kappa shape index (κ3) is 3.48. The predicted molar refractivity (Wildman–Crippen MR) is 88.5 cm³/mol. The van der Waals surface area contributed by atoms with Gasteiger partial charge in [-0.1, -0.05) is 25.1 Å². The van der Waals surface area contributed by atoms with Gasteiger partial charge in [0.15, 0.2) is 0 Å². The zero-order valence-electron chi connectivity index (χ0n) is 13.8. The summed E-state index contributed by atoms with van der Waals surface area (Å²) >= 11 is 0. The molecule has 2 atom stereocenters. The van der Waals surface area contributed by atoms with Crippen molar-refractivity contribution in [2.45, 2.75) is 32.2 Å². The second-order valence-electron chi connectivity index (χ2n) is 6.44. The van der Waals surface area contributed by atoms with Crippen LogP contribution in [0.5, 0.6) is 0 Å². The fraction of sp³-hybridized carbons (Fsp3) is 0.389. The molecular weight excluding hydrogens is 308 g/mol. The van der Waals surface area contributed by atoms with E-state index in [4.69, 9.17) is 4.42 Å². The van der Waals surface area contributed by atoms with Gasteiger partial charge in [0.1, 0.15) is 11.5 Å². The van der Waals surface area contributed by atoms with E-state index in [0.29, 0.717) is 23.9 Å². The molecule has 0 spiro atoms. The van der Waals surface area contributed by atoms with Gasteiger partial charge in [-0.05, 0) is 24.5 Å². The van der Waals surface area contributed by atoms with E-state index in [1.165, 1.54) is 11.0 Å². The Bertz CT molecular complexity index is 768. The molecular formula is C18H20N2O4. The average molecular weight is 328 g/mol. The van der Waals surface area contributed by atoms with Crippen LogP contribution in [0.3, 0.4) is 0 Å². The van der Waals surface area contributed by atoms with E-state index < -0.39 is 4.92 Å². The second kappa shape index (κ2) is 6.47. The molecule has 1 aliphatic carbocycles. The standard InChI is InChI=1S/C18H20N2O4/c1-12-9-15(12)17-8-7-14(24-17)11-19(2)18(21)10-13-5-3-4-6-16(13)20(22)23/h3-8,12,15H,9-11H2,1-2H3/t12-,15-/m0/s1. The van der Waals surface area contributed by atoms with E-state index in [-0.39, 0.29) is 18.0 Å². The molecule has 1 aromatic carbocycles. The maximum absolute atomic E-state index is 12.4. The smallest absolute Gasteiger partial charge is 0.273 e. The fourth-order valence-electron chi connectivity index (χ4n) is 2.86. The number of para-hydroxylation sites is 1. The fourth-order valence-corrected chi connectivity index (χ4v) is 2.86. The highest BCUT2D eigenvalue weighted by molar-refractivity contribution is 5.79. The molecule has 0 N–H and O–H groups in total. The summed E-state index contributed by atoms with van der Waals surface area (Å²) in [5, 5.41) is 11.0. The first kappa shape index (κ1) is 16.2. The largest absolute Gasteiger partial charge is 0.464 e. The van der Waals surface area contributed by atoms with Gasteiger partial charge in [0.2, 0.25) is 5.91 Å². The molecule has 24 heavy (non-hydrogen) atoms. The van der Waals surface area contributed by atoms with Gasteiger partial charge in [0.25, 0.3) is 5.69 Å². The number of carbonyl (C=O) groups excluding carboxylic acids is 1. The van der Waals surface area contributed by atoms with Crippen LogP contribution in [0.1, 0.15) is 36.3 Å². The average Bonchev–Trinajstić information content (AvgIpc) is 3.09. The number of nitro benzene ring substituents is 1. The molecule has 6 nitrogen and oxygen atoms in total. The number of nitrogens with zero attached hydrogens (tertiary/aromatic N) is 2. The number of hydrogen-bond donors (Lipinski definition) is 0. The second-order valence-corrected chi connectivity index (χ2v) is 6.44. The Morgan fingerprint density at radius 3 is 2.71 bits per heavy atom. The number of likely N-dealkylation sites (N-methyl/N-ethyl adjacent to an activating group) is 1. The van der Waals surface area contributed by atoms with E-state index in [1.807, 2.05) is 12.1 Å². The SMILES string of the molecule is C[C@H]1C[C@@H]1c1ccc(CN(C)C(=O)Cc2ccccc2[N+](=O)[O-])o1. The van der Waals surface area contributed by atoms with Crippen molar-refractivity contribution in [3.8, 4) is 0 Å². The predicted octanol–water partition coefficient (Wildman–Crippen LogP) is 3.51. The summed E-state index contributed by atoms with van der Waals surface area (Å²) in [7, 11) is 1.68. The molecule has 1 fully saturated rings. The van der Waals surface area contributed by atoms with Crippen molar-refractivity contribution < 1.29 is 14.1 Å². The van der Waals surface area contributed by atoms with E-state index in [9.17, 15) is 14.9 Å². The lowest BCUT2D eigenvalue weighted by molar-refractivity contribution is -0.385. The van der Waals surface area contributed by atoms with Crippen LogP contribution >= 0.6 is 0 Å². The van der Waals surface area contributed by atoms with E-state index in [0.717, 1.165) is 17.9 Å². The summed E-state index contributed by atoms with van der Waals surface area (Å²) in [5.41, 5.74) is 0.397. The van der Waals surface area contributed by atoms with Gasteiger partial charge in [-0.3, -0.25) is 14.9 Å². The number of rotatable bonds is 6. The number of benzene rings is 1. The Morgan fingerprint density at radius 1 is 1.33 bits per heavy atom. The lowest BCUT2D eigenvalue weighted by Crippen LogP contribution is -2.27. The Kier molecular flexibility index (Phi) is 4.38. The molecule has 0 bridgehead atoms. The van der Waals surface area contributed by atoms with E-state index in [1.54, 1.807) is 25.2 Å². The molecule has 2 aromatic rings. The van der Waals surface area contributed by atoms with Crippen molar-refractivity contribution in [3.63, 3.8) is 0 Å². The van der Waals surface area contributed by atoms with Gasteiger partial charge in [-0.2, -0.15) is 0 Å². The molecule has 1 amide bonds. The van der Waals surface area contributed by atoms with Crippen LogP contribution in [0.15, 0.2) is 40.8 Å². The normalized spacial score (nSPS) is 19.1. The lowest BCUT2D eigenvalue weighted by Gasteiger charge is -2.15. The third-order valence-corrected chi connectivity index (χ3v) is 4.51. The Hall–Kier alpha value is -2.63. The summed E-state index contributed by atoms with van der Waals surface area (Å²) in [6.45, 7) is 2.55. The van der Waals surface area contributed by atoms with Gasteiger partial charge < -0.3 is 9.32 Å². The molecule has 0 radical (unpaired) electrons. The highest BCUT2D eigenvalue weighted by Crippen LogP contribution is 2.47. The van der Waals surface area contributed by atoms with Gasteiger partial charge in [0, 0.05) is 24.6 Å². The van der Waals surface area contributed by atoms with Crippen LogP contribution in [-0.4, -0.2) is 22.8 Å². The van der Waals surface area contributed by atoms with Gasteiger partial charge in [-0.25, -0.2) is 0 Å². The lowest BCUT2D eigenvalue weighted by atomic mass is 10.1. The van der Waals surface area contributed by atoms with Crippen LogP contribution in [-0.2, 0) is 17.8 Å². The van der Waals surface area contributed by atoms with E-state index >= 15 is 0 Å². The first-order valence-corrected chi connectivity index (χ1v) is 8.00. The summed E-state index contributed by atoms with van der Waals surface area (Å²) in [6.07, 6.45) is 1.15. The number of furan rings is 1. The first-order valence-electron chi connectivity index (χ1n) is 8.00. The molecule has 1 aliphatic rings. The zero-order valence-corrected chi connectivity index (χ0v) is 13.8. The highest BCUT2D eigenvalue weighted by Gasteiger charge is 2.36. The molecule has 126 valence electrons. The minimum absolute atomic E-state index is 0.000871. The Labute approximate surface area is 140 Å². The number of hydrogen-bond acceptors (Lipinski definition) is 4. The number of amides is 1. The Morgan fingerprint density at radius 2 is 2.04 bits per heavy atom. The van der Waals surface area contributed by atoms with Crippen LogP contribution in [0.25, 0.3) is 0 Å². The zero-order chi connectivity index (χ0) is 17.3.